The number of hydrogen-bond acceptors (Lipinski definition) is 9. The Morgan fingerprint density at radius 3 is 2.35 bits per heavy atom. The number of anilines is 4. The molecule has 0 spiro atoms. The van der Waals surface area contributed by atoms with Crippen molar-refractivity contribution in [2.45, 2.75) is 12.8 Å². The van der Waals surface area contributed by atoms with Crippen LogP contribution in [0.3, 0.4) is 0 Å². The topological polar surface area (TPSA) is 130 Å². The van der Waals surface area contributed by atoms with Crippen molar-refractivity contribution in [3.05, 3.63) is 59.8 Å². The Balaban J connectivity index is 0.00000324. The van der Waals surface area contributed by atoms with Crippen molar-refractivity contribution in [2.24, 2.45) is 0 Å². The second kappa shape index (κ2) is 10.5. The van der Waals surface area contributed by atoms with Gasteiger partial charge in [-0.25, -0.2) is 17.8 Å². The van der Waals surface area contributed by atoms with Gasteiger partial charge in [-0.15, -0.1) is 12.4 Å². The van der Waals surface area contributed by atoms with Gasteiger partial charge in [0.15, 0.2) is 0 Å². The molecule has 1 unspecified atom stereocenters. The van der Waals surface area contributed by atoms with Crippen LogP contribution in [-0.4, -0.2) is 65.1 Å². The van der Waals surface area contributed by atoms with Crippen LogP contribution >= 0.6 is 12.4 Å². The standard InChI is InChI=1S/C21H25FN8O2S.ClH/c1-14(15-3-5-16(22)6-4-15)18-19(26-17-13-24-7-8-25-17)27-21(23)28-20(18)29-9-11-30(12-10-29)33(2,31)32;/h3-8,13-14H,9-12H2,1-2H3,(H3,23,25,26,27,28);1H. The zero-order valence-corrected chi connectivity index (χ0v) is 20.4. The largest absolute Gasteiger partial charge is 0.368 e. The van der Waals surface area contributed by atoms with Gasteiger partial charge in [-0.3, -0.25) is 4.98 Å². The van der Waals surface area contributed by atoms with E-state index in [-0.39, 0.29) is 30.1 Å². The Hall–Kier alpha value is -3.09. The highest BCUT2D eigenvalue weighted by atomic mass is 35.5. The summed E-state index contributed by atoms with van der Waals surface area (Å²) in [6.07, 6.45) is 5.89. The van der Waals surface area contributed by atoms with E-state index >= 15 is 0 Å². The molecule has 1 aliphatic heterocycles. The maximum Gasteiger partial charge on any atom is 0.223 e. The van der Waals surface area contributed by atoms with Gasteiger partial charge in [0.1, 0.15) is 23.3 Å². The van der Waals surface area contributed by atoms with Crippen LogP contribution in [0.1, 0.15) is 24.0 Å². The summed E-state index contributed by atoms with van der Waals surface area (Å²) in [7, 11) is -3.28. The van der Waals surface area contributed by atoms with E-state index in [1.807, 2.05) is 11.8 Å². The van der Waals surface area contributed by atoms with Crippen molar-refractivity contribution >= 4 is 45.8 Å². The molecule has 3 aromatic rings. The molecule has 2 aromatic heterocycles. The SMILES string of the molecule is CC(c1ccc(F)cc1)c1c(Nc2cnccn2)nc(N)nc1N1CCN(S(C)(=O)=O)CC1.Cl. The number of aromatic nitrogens is 4. The molecule has 1 aliphatic rings. The van der Waals surface area contributed by atoms with Crippen molar-refractivity contribution < 1.29 is 12.8 Å². The second-order valence-electron chi connectivity index (χ2n) is 7.81. The van der Waals surface area contributed by atoms with Crippen LogP contribution in [0, 0.1) is 5.82 Å². The summed E-state index contributed by atoms with van der Waals surface area (Å²) in [5.41, 5.74) is 7.67. The van der Waals surface area contributed by atoms with E-state index in [1.54, 1.807) is 30.7 Å². The first-order valence-corrected chi connectivity index (χ1v) is 12.2. The molecule has 4 rings (SSSR count). The van der Waals surface area contributed by atoms with Gasteiger partial charge in [0.05, 0.1) is 12.5 Å². The molecule has 0 radical (unpaired) electrons. The first-order chi connectivity index (χ1) is 15.7. The van der Waals surface area contributed by atoms with Crippen LogP contribution in [0.5, 0.6) is 0 Å². The number of hydrogen-bond donors (Lipinski definition) is 2. The molecule has 1 aromatic carbocycles. The molecule has 0 saturated carbocycles. The van der Waals surface area contributed by atoms with E-state index in [9.17, 15) is 12.8 Å². The Bertz CT molecular complexity index is 1220. The lowest BCUT2D eigenvalue weighted by molar-refractivity contribution is 0.386. The number of nitrogens with zero attached hydrogens (tertiary/aromatic N) is 6. The van der Waals surface area contributed by atoms with E-state index < -0.39 is 10.0 Å². The van der Waals surface area contributed by atoms with Gasteiger partial charge in [0.25, 0.3) is 0 Å². The molecule has 10 nitrogen and oxygen atoms in total. The number of rotatable bonds is 6. The molecule has 34 heavy (non-hydrogen) atoms. The lowest BCUT2D eigenvalue weighted by Crippen LogP contribution is -2.49. The highest BCUT2D eigenvalue weighted by molar-refractivity contribution is 7.88. The first-order valence-electron chi connectivity index (χ1n) is 10.4. The zero-order valence-electron chi connectivity index (χ0n) is 18.7. The minimum absolute atomic E-state index is 0. The molecule has 182 valence electrons. The fourth-order valence-electron chi connectivity index (χ4n) is 3.84. The predicted octanol–water partition coefficient (Wildman–Crippen LogP) is 2.39. The minimum atomic E-state index is -3.28. The summed E-state index contributed by atoms with van der Waals surface area (Å²) in [5, 5.41) is 3.18. The van der Waals surface area contributed by atoms with Gasteiger partial charge in [0, 0.05) is 50.1 Å². The number of nitrogens with one attached hydrogen (secondary N) is 1. The van der Waals surface area contributed by atoms with Gasteiger partial charge in [-0.2, -0.15) is 14.3 Å². The third kappa shape index (κ3) is 5.69. The van der Waals surface area contributed by atoms with E-state index in [4.69, 9.17) is 5.73 Å². The lowest BCUT2D eigenvalue weighted by Gasteiger charge is -2.36. The van der Waals surface area contributed by atoms with E-state index in [0.717, 1.165) is 11.1 Å². The molecular formula is C21H26ClFN8O2S. The summed E-state index contributed by atoms with van der Waals surface area (Å²) >= 11 is 0. The maximum absolute atomic E-state index is 13.5. The fraction of sp³-hybridized carbons (Fsp3) is 0.333. The maximum atomic E-state index is 13.5. The van der Waals surface area contributed by atoms with Crippen molar-refractivity contribution in [1.82, 2.24) is 24.2 Å². The highest BCUT2D eigenvalue weighted by Gasteiger charge is 2.29. The number of piperazine rings is 1. The number of nitrogens with two attached hydrogens (primary N) is 1. The van der Waals surface area contributed by atoms with Crippen LogP contribution in [0.4, 0.5) is 27.8 Å². The molecule has 1 atom stereocenters. The Labute approximate surface area is 203 Å². The Morgan fingerprint density at radius 2 is 1.76 bits per heavy atom. The van der Waals surface area contributed by atoms with E-state index in [2.05, 4.69) is 25.3 Å². The van der Waals surface area contributed by atoms with E-state index in [1.165, 1.54) is 22.7 Å². The minimum Gasteiger partial charge on any atom is -0.368 e. The summed E-state index contributed by atoms with van der Waals surface area (Å²) in [4.78, 5) is 19.3. The van der Waals surface area contributed by atoms with Crippen molar-refractivity contribution in [3.63, 3.8) is 0 Å². The monoisotopic (exact) mass is 508 g/mol. The van der Waals surface area contributed by atoms with E-state index in [0.29, 0.717) is 43.6 Å². The predicted molar refractivity (Wildman–Crippen MR) is 132 cm³/mol. The number of nitrogen functional groups attached to an aromatic ring is 1. The molecule has 0 bridgehead atoms. The van der Waals surface area contributed by atoms with Crippen LogP contribution in [0.25, 0.3) is 0 Å². The summed E-state index contributed by atoms with van der Waals surface area (Å²) in [6.45, 7) is 3.52. The fourth-order valence-corrected chi connectivity index (χ4v) is 4.67. The van der Waals surface area contributed by atoms with Crippen LogP contribution in [-0.2, 0) is 10.0 Å². The number of halogens is 2. The van der Waals surface area contributed by atoms with Gasteiger partial charge in [-0.1, -0.05) is 19.1 Å². The molecule has 0 aliphatic carbocycles. The lowest BCUT2D eigenvalue weighted by atomic mass is 9.93. The first kappa shape index (κ1) is 25.5. The summed E-state index contributed by atoms with van der Waals surface area (Å²) in [6, 6.07) is 6.25. The van der Waals surface area contributed by atoms with Gasteiger partial charge < -0.3 is 16.0 Å². The molecule has 13 heteroatoms. The molecule has 3 heterocycles. The van der Waals surface area contributed by atoms with Crippen molar-refractivity contribution in [3.8, 4) is 0 Å². The zero-order chi connectivity index (χ0) is 23.6. The van der Waals surface area contributed by atoms with Gasteiger partial charge >= 0.3 is 0 Å². The quantitative estimate of drug-likeness (QED) is 0.515. The van der Waals surface area contributed by atoms with Crippen LogP contribution < -0.4 is 16.0 Å². The van der Waals surface area contributed by atoms with Crippen LogP contribution in [0.2, 0.25) is 0 Å². The normalized spacial score (nSPS) is 15.4. The van der Waals surface area contributed by atoms with Gasteiger partial charge in [0.2, 0.25) is 16.0 Å². The second-order valence-corrected chi connectivity index (χ2v) is 9.79. The average molecular weight is 509 g/mol. The number of benzene rings is 1. The third-order valence-electron chi connectivity index (χ3n) is 5.56. The van der Waals surface area contributed by atoms with Crippen molar-refractivity contribution in [1.29, 1.82) is 0 Å². The highest BCUT2D eigenvalue weighted by Crippen LogP contribution is 2.37. The van der Waals surface area contributed by atoms with Crippen LogP contribution in [0.15, 0.2) is 42.9 Å². The Kier molecular flexibility index (Phi) is 7.85. The number of sulfonamides is 1. The molecule has 3 N–H and O–H groups in total. The molecular weight excluding hydrogens is 483 g/mol. The third-order valence-corrected chi connectivity index (χ3v) is 6.87. The van der Waals surface area contributed by atoms with Gasteiger partial charge in [-0.05, 0) is 17.7 Å². The molecule has 1 saturated heterocycles. The van der Waals surface area contributed by atoms with Crippen molar-refractivity contribution in [2.75, 3.05) is 48.4 Å². The average Bonchev–Trinajstić information content (AvgIpc) is 2.79. The molecule has 0 amide bonds. The molecule has 1 fully saturated rings. The Morgan fingerprint density at radius 1 is 1.09 bits per heavy atom. The smallest absolute Gasteiger partial charge is 0.223 e. The summed E-state index contributed by atoms with van der Waals surface area (Å²) in [5.74, 6) is 1.05. The summed E-state index contributed by atoms with van der Waals surface area (Å²) < 4.78 is 38.9.